The van der Waals surface area contributed by atoms with Gasteiger partial charge in [0.1, 0.15) is 0 Å². The lowest BCUT2D eigenvalue weighted by atomic mass is 9.33. The van der Waals surface area contributed by atoms with Crippen LogP contribution in [0.2, 0.25) is 0 Å². The molecule has 3 aliphatic rings. The molecule has 0 bridgehead atoms. The molecule has 0 amide bonds. The normalized spacial score (nSPS) is 14.4. The smallest absolute Gasteiger partial charge is 0.252 e. The molecule has 0 spiro atoms. The number of unbranched alkanes of at least 4 members (excludes halogenated alkanes) is 2. The van der Waals surface area contributed by atoms with Crippen LogP contribution in [0, 0.1) is 7.14 Å². The summed E-state index contributed by atoms with van der Waals surface area (Å²) >= 11 is 5.05. The first-order chi connectivity index (χ1) is 23.0. The number of fused-ring (bicyclic) bond motifs is 5. The minimum absolute atomic E-state index is 0.191. The lowest BCUT2D eigenvalue weighted by Crippen LogP contribution is -2.61. The molecule has 0 unspecified atom stereocenters. The lowest BCUT2D eigenvalue weighted by molar-refractivity contribution is 0.686. The molecule has 0 saturated carbocycles. The Morgan fingerprint density at radius 1 is 0.574 bits per heavy atom. The predicted octanol–water partition coefficient (Wildman–Crippen LogP) is 10.5. The fraction of sp³-hybridized carbons (Fsp3) is 0.286. The number of hydrogen-bond acceptors (Lipinski definition) is 2. The number of halogens is 2. The van der Waals surface area contributed by atoms with Gasteiger partial charge in [-0.15, -0.1) is 0 Å². The van der Waals surface area contributed by atoms with Crippen LogP contribution in [0.15, 0.2) is 91.0 Å². The quantitative estimate of drug-likeness (QED) is 0.111. The third-order valence-corrected chi connectivity index (χ3v) is 11.6. The lowest BCUT2D eigenvalue weighted by Gasteiger charge is -2.44. The van der Waals surface area contributed by atoms with E-state index in [1.807, 2.05) is 0 Å². The van der Waals surface area contributed by atoms with Crippen LogP contribution in [0.5, 0.6) is 0 Å². The molecule has 0 fully saturated rings. The molecule has 47 heavy (non-hydrogen) atoms. The molecule has 1 aliphatic carbocycles. The molecule has 5 heteroatoms. The standard InChI is InChI=1S/C42H41BI2N2/c1-3-5-12-28-20-32(44)26-34(22-28)46-38-17-10-9-16-36(38)43-37-24-30-14-7-8-15-31(30)25-41(37)47(40-19-11-18-39(46)42(40)43)35-23-29(13-6-4-2)21-33(45)27-35/h9-11,16-27H,3-8,12-15H2,1-2H3. The summed E-state index contributed by atoms with van der Waals surface area (Å²) in [4.78, 5) is 5.18. The summed E-state index contributed by atoms with van der Waals surface area (Å²) in [5.74, 6) is 0. The van der Waals surface area contributed by atoms with Crippen LogP contribution in [0.3, 0.4) is 0 Å². The summed E-state index contributed by atoms with van der Waals surface area (Å²) < 4.78 is 2.61. The van der Waals surface area contributed by atoms with E-state index >= 15 is 0 Å². The van der Waals surface area contributed by atoms with E-state index in [1.54, 1.807) is 11.1 Å². The van der Waals surface area contributed by atoms with Gasteiger partial charge in [-0.25, -0.2) is 0 Å². The molecule has 0 saturated heterocycles. The van der Waals surface area contributed by atoms with Gasteiger partial charge < -0.3 is 9.80 Å². The number of benzene rings is 5. The second-order valence-electron chi connectivity index (χ2n) is 13.6. The van der Waals surface area contributed by atoms with Gasteiger partial charge in [-0.2, -0.15) is 0 Å². The van der Waals surface area contributed by atoms with Crippen LogP contribution in [-0.4, -0.2) is 6.71 Å². The van der Waals surface area contributed by atoms with Crippen molar-refractivity contribution in [2.45, 2.75) is 78.1 Å². The van der Waals surface area contributed by atoms with Gasteiger partial charge >= 0.3 is 0 Å². The Hall–Kier alpha value is -2.78. The highest BCUT2D eigenvalue weighted by Gasteiger charge is 2.43. The molecule has 0 atom stereocenters. The fourth-order valence-electron chi connectivity index (χ4n) is 8.25. The van der Waals surface area contributed by atoms with E-state index in [4.69, 9.17) is 0 Å². The molecule has 5 aromatic carbocycles. The predicted molar refractivity (Wildman–Crippen MR) is 220 cm³/mol. The van der Waals surface area contributed by atoms with Crippen molar-refractivity contribution in [3.05, 3.63) is 120 Å². The Kier molecular flexibility index (Phi) is 8.89. The van der Waals surface area contributed by atoms with Crippen LogP contribution in [0.4, 0.5) is 34.1 Å². The monoisotopic (exact) mass is 838 g/mol. The van der Waals surface area contributed by atoms with E-state index in [1.165, 1.54) is 120 Å². The highest BCUT2D eigenvalue weighted by Crippen LogP contribution is 2.45. The topological polar surface area (TPSA) is 6.48 Å². The van der Waals surface area contributed by atoms with Gasteiger partial charge in [-0.1, -0.05) is 57.0 Å². The minimum atomic E-state index is 0.191. The van der Waals surface area contributed by atoms with Gasteiger partial charge in [-0.3, -0.25) is 0 Å². The van der Waals surface area contributed by atoms with E-state index in [-0.39, 0.29) is 6.71 Å². The first-order valence-electron chi connectivity index (χ1n) is 17.6. The molecule has 0 N–H and O–H groups in total. The second-order valence-corrected chi connectivity index (χ2v) is 16.1. The van der Waals surface area contributed by atoms with Gasteiger partial charge in [0.25, 0.3) is 6.71 Å². The van der Waals surface area contributed by atoms with Crippen LogP contribution in [-0.2, 0) is 25.7 Å². The molecule has 8 rings (SSSR count). The Morgan fingerprint density at radius 2 is 1.13 bits per heavy atom. The van der Waals surface area contributed by atoms with Crippen molar-refractivity contribution < 1.29 is 0 Å². The van der Waals surface area contributed by atoms with Crippen molar-refractivity contribution in [3.63, 3.8) is 0 Å². The third-order valence-electron chi connectivity index (χ3n) is 10.4. The number of para-hydroxylation sites is 1. The summed E-state index contributed by atoms with van der Waals surface area (Å²) in [7, 11) is 0. The number of anilines is 6. The Bertz CT molecular complexity index is 1980. The van der Waals surface area contributed by atoms with Gasteiger partial charge in [0, 0.05) is 41.3 Å². The van der Waals surface area contributed by atoms with Gasteiger partial charge in [-0.05, 0) is 196 Å². The van der Waals surface area contributed by atoms with E-state index < -0.39 is 0 Å². The zero-order valence-corrected chi connectivity index (χ0v) is 31.8. The van der Waals surface area contributed by atoms with Crippen LogP contribution < -0.4 is 26.2 Å². The first kappa shape index (κ1) is 31.5. The van der Waals surface area contributed by atoms with Crippen LogP contribution in [0.1, 0.15) is 74.6 Å². The van der Waals surface area contributed by atoms with Gasteiger partial charge in [0.05, 0.1) is 0 Å². The highest BCUT2D eigenvalue weighted by atomic mass is 127. The molecule has 2 aliphatic heterocycles. The van der Waals surface area contributed by atoms with E-state index in [9.17, 15) is 0 Å². The maximum atomic E-state index is 2.62. The van der Waals surface area contributed by atoms with Crippen molar-refractivity contribution in [1.29, 1.82) is 0 Å². The Labute approximate surface area is 308 Å². The summed E-state index contributed by atoms with van der Waals surface area (Å²) in [6, 6.07) is 35.9. The molecule has 0 aromatic heterocycles. The summed E-state index contributed by atoms with van der Waals surface area (Å²) in [5, 5.41) is 0. The van der Waals surface area contributed by atoms with Crippen LogP contribution in [0.25, 0.3) is 0 Å². The fourth-order valence-corrected chi connectivity index (χ4v) is 9.69. The van der Waals surface area contributed by atoms with Gasteiger partial charge in [0.15, 0.2) is 0 Å². The largest absolute Gasteiger partial charge is 0.311 e. The number of aryl methyl sites for hydroxylation is 4. The van der Waals surface area contributed by atoms with Crippen molar-refractivity contribution in [3.8, 4) is 0 Å². The molecule has 2 heterocycles. The molecule has 5 aromatic rings. The second kappa shape index (κ2) is 13.3. The highest BCUT2D eigenvalue weighted by molar-refractivity contribution is 14.1. The molecule has 0 radical (unpaired) electrons. The number of rotatable bonds is 8. The SMILES string of the molecule is CCCCc1cc(I)cc(N2c3ccccc3B3c4cc5c(cc4N(c4cc(I)cc(CCCC)c4)c4cccc2c43)CCCC5)c1. The number of nitrogens with zero attached hydrogens (tertiary/aromatic N) is 2. The average molecular weight is 838 g/mol. The molecular weight excluding hydrogens is 797 g/mol. The summed E-state index contributed by atoms with van der Waals surface area (Å²) in [6.45, 7) is 4.77. The van der Waals surface area contributed by atoms with Crippen molar-refractivity contribution in [2.24, 2.45) is 0 Å². The molecule has 2 nitrogen and oxygen atoms in total. The zero-order valence-electron chi connectivity index (χ0n) is 27.5. The first-order valence-corrected chi connectivity index (χ1v) is 19.8. The van der Waals surface area contributed by atoms with E-state index in [0.717, 1.165) is 12.8 Å². The third kappa shape index (κ3) is 5.73. The van der Waals surface area contributed by atoms with E-state index in [2.05, 4.69) is 160 Å². The number of hydrogen-bond donors (Lipinski definition) is 0. The van der Waals surface area contributed by atoms with Crippen molar-refractivity contribution in [2.75, 3.05) is 9.80 Å². The maximum absolute atomic E-state index is 2.62. The van der Waals surface area contributed by atoms with Crippen molar-refractivity contribution in [1.82, 2.24) is 0 Å². The van der Waals surface area contributed by atoms with Crippen LogP contribution >= 0.6 is 45.2 Å². The minimum Gasteiger partial charge on any atom is -0.311 e. The summed E-state index contributed by atoms with van der Waals surface area (Å²) in [6.07, 6.45) is 12.0. The van der Waals surface area contributed by atoms with E-state index in [0.29, 0.717) is 0 Å². The Morgan fingerprint density at radius 3 is 1.74 bits per heavy atom. The van der Waals surface area contributed by atoms with Crippen molar-refractivity contribution >= 4 is 102 Å². The van der Waals surface area contributed by atoms with Gasteiger partial charge in [0.2, 0.25) is 0 Å². The zero-order chi connectivity index (χ0) is 32.1. The molecular formula is C42H41BI2N2. The molecule has 236 valence electrons. The maximum Gasteiger partial charge on any atom is 0.252 e. The Balaban J connectivity index is 1.39. The summed E-state index contributed by atoms with van der Waals surface area (Å²) in [5.41, 5.74) is 18.1. The average Bonchev–Trinajstić information content (AvgIpc) is 3.08.